The zero-order chi connectivity index (χ0) is 14.5. The van der Waals surface area contributed by atoms with Crippen molar-refractivity contribution in [3.05, 3.63) is 0 Å². The quantitative estimate of drug-likeness (QED) is 0.695. The zero-order valence-corrected chi connectivity index (χ0v) is 12.9. The highest BCUT2D eigenvalue weighted by atomic mass is 16.5. The third-order valence-corrected chi connectivity index (χ3v) is 3.24. The molecule has 1 aliphatic heterocycles. The van der Waals surface area contributed by atoms with Crippen molar-refractivity contribution in [2.75, 3.05) is 6.61 Å². The van der Waals surface area contributed by atoms with Gasteiger partial charge in [0, 0.05) is 6.42 Å². The van der Waals surface area contributed by atoms with Crippen molar-refractivity contribution in [3.63, 3.8) is 0 Å². The Morgan fingerprint density at radius 2 is 2.21 bits per heavy atom. The molecular weight excluding hydrogens is 242 g/mol. The van der Waals surface area contributed by atoms with E-state index in [4.69, 9.17) is 9.47 Å². The number of carbonyl (C=O) groups excluding carboxylic acids is 1. The summed E-state index contributed by atoms with van der Waals surface area (Å²) in [6, 6.07) is 0. The third kappa shape index (κ3) is 4.84. The molecular formula is C15H27NO3. The average Bonchev–Trinajstić information content (AvgIpc) is 2.27. The molecule has 0 aromatic carbocycles. The first-order valence-electron chi connectivity index (χ1n) is 7.32. The first-order valence-corrected chi connectivity index (χ1v) is 7.32. The molecule has 4 heteroatoms. The molecule has 0 aliphatic carbocycles. The van der Waals surface area contributed by atoms with Gasteiger partial charge in [-0.25, -0.2) is 4.99 Å². The maximum atomic E-state index is 12.1. The van der Waals surface area contributed by atoms with Gasteiger partial charge in [0.2, 0.25) is 0 Å². The summed E-state index contributed by atoms with van der Waals surface area (Å²) in [4.78, 5) is 16.7. The number of unbranched alkanes of at least 4 members (excludes halogenated alkanes) is 1. The predicted octanol–water partition coefficient (Wildman–Crippen LogP) is 3.34. The molecule has 0 radical (unpaired) electrons. The van der Waals surface area contributed by atoms with E-state index in [2.05, 4.69) is 25.8 Å². The summed E-state index contributed by atoms with van der Waals surface area (Å²) >= 11 is 0. The fourth-order valence-electron chi connectivity index (χ4n) is 2.47. The molecule has 0 amide bonds. The molecule has 1 aliphatic rings. The molecule has 0 aromatic heterocycles. The summed E-state index contributed by atoms with van der Waals surface area (Å²) in [6.45, 7) is 10.5. The van der Waals surface area contributed by atoms with Gasteiger partial charge in [-0.1, -0.05) is 19.8 Å². The van der Waals surface area contributed by atoms with Crippen LogP contribution in [0.3, 0.4) is 0 Å². The highest BCUT2D eigenvalue weighted by Crippen LogP contribution is 2.28. The van der Waals surface area contributed by atoms with Crippen LogP contribution < -0.4 is 0 Å². The van der Waals surface area contributed by atoms with Crippen molar-refractivity contribution < 1.29 is 14.3 Å². The second kappa shape index (κ2) is 6.92. The minimum Gasteiger partial charge on any atom is -0.477 e. The summed E-state index contributed by atoms with van der Waals surface area (Å²) in [5, 5.41) is 0. The van der Waals surface area contributed by atoms with Crippen molar-refractivity contribution in [3.8, 4) is 0 Å². The average molecular weight is 269 g/mol. The van der Waals surface area contributed by atoms with Crippen LogP contribution in [-0.4, -0.2) is 30.1 Å². The van der Waals surface area contributed by atoms with Crippen molar-refractivity contribution >= 4 is 11.9 Å². The first kappa shape index (κ1) is 16.0. The Kier molecular flexibility index (Phi) is 5.83. The highest BCUT2D eigenvalue weighted by Gasteiger charge is 2.35. The van der Waals surface area contributed by atoms with E-state index in [-0.39, 0.29) is 23.5 Å². The van der Waals surface area contributed by atoms with Crippen LogP contribution in [-0.2, 0) is 14.3 Å². The summed E-state index contributed by atoms with van der Waals surface area (Å²) in [6.07, 6.45) is 3.74. The number of aliphatic imine (C=N–C) groups is 1. The van der Waals surface area contributed by atoms with Gasteiger partial charge < -0.3 is 9.47 Å². The van der Waals surface area contributed by atoms with E-state index >= 15 is 0 Å². The number of carbonyl (C=O) groups is 1. The minimum atomic E-state index is -0.345. The van der Waals surface area contributed by atoms with Crippen molar-refractivity contribution in [1.82, 2.24) is 0 Å². The monoisotopic (exact) mass is 269 g/mol. The van der Waals surface area contributed by atoms with Crippen LogP contribution in [0.1, 0.15) is 60.3 Å². The Labute approximate surface area is 116 Å². The SMILES string of the molecule is CCCCC(C(=O)OCC)C1=NC(C)(C)CC(C)O1. The van der Waals surface area contributed by atoms with Gasteiger partial charge >= 0.3 is 5.97 Å². The van der Waals surface area contributed by atoms with E-state index in [0.29, 0.717) is 12.5 Å². The van der Waals surface area contributed by atoms with E-state index in [9.17, 15) is 4.79 Å². The van der Waals surface area contributed by atoms with E-state index in [1.54, 1.807) is 0 Å². The minimum absolute atomic E-state index is 0.0982. The lowest BCUT2D eigenvalue weighted by atomic mass is 9.94. The molecule has 1 heterocycles. The largest absolute Gasteiger partial charge is 0.477 e. The van der Waals surface area contributed by atoms with Crippen molar-refractivity contribution in [2.24, 2.45) is 10.9 Å². The van der Waals surface area contributed by atoms with Gasteiger partial charge in [-0.3, -0.25) is 4.79 Å². The second-order valence-electron chi connectivity index (χ2n) is 5.84. The number of esters is 1. The number of hydrogen-bond donors (Lipinski definition) is 0. The molecule has 0 spiro atoms. The van der Waals surface area contributed by atoms with Crippen LogP contribution in [0.25, 0.3) is 0 Å². The summed E-state index contributed by atoms with van der Waals surface area (Å²) in [5.41, 5.74) is -0.163. The Morgan fingerprint density at radius 3 is 2.74 bits per heavy atom. The van der Waals surface area contributed by atoms with Crippen molar-refractivity contribution in [2.45, 2.75) is 71.9 Å². The van der Waals surface area contributed by atoms with Gasteiger partial charge in [0.05, 0.1) is 18.2 Å². The molecule has 0 bridgehead atoms. The van der Waals surface area contributed by atoms with Gasteiger partial charge in [0.25, 0.3) is 0 Å². The standard InChI is InChI=1S/C15H27NO3/c1-6-8-9-12(14(17)18-7-2)13-16-15(4,5)10-11(3)19-13/h11-12H,6-10H2,1-5H3. The molecule has 19 heavy (non-hydrogen) atoms. The second-order valence-corrected chi connectivity index (χ2v) is 5.84. The van der Waals surface area contributed by atoms with Crippen molar-refractivity contribution in [1.29, 1.82) is 0 Å². The number of nitrogens with zero attached hydrogens (tertiary/aromatic N) is 1. The van der Waals surface area contributed by atoms with Gasteiger partial charge in [0.1, 0.15) is 5.92 Å². The molecule has 0 saturated heterocycles. The molecule has 4 nitrogen and oxygen atoms in total. The molecule has 110 valence electrons. The fourth-order valence-corrected chi connectivity index (χ4v) is 2.47. The van der Waals surface area contributed by atoms with Crippen LogP contribution in [0, 0.1) is 5.92 Å². The molecule has 0 N–H and O–H groups in total. The van der Waals surface area contributed by atoms with Gasteiger partial charge in [0.15, 0.2) is 5.90 Å². The van der Waals surface area contributed by atoms with Crippen LogP contribution in [0.15, 0.2) is 4.99 Å². The molecule has 2 unspecified atom stereocenters. The third-order valence-electron chi connectivity index (χ3n) is 3.24. The van der Waals surface area contributed by atoms with Crippen LogP contribution >= 0.6 is 0 Å². The number of rotatable bonds is 6. The first-order chi connectivity index (χ1) is 8.89. The van der Waals surface area contributed by atoms with Gasteiger partial charge in [-0.2, -0.15) is 0 Å². The molecule has 1 rings (SSSR count). The van der Waals surface area contributed by atoms with Crippen LogP contribution in [0.4, 0.5) is 0 Å². The van der Waals surface area contributed by atoms with E-state index in [0.717, 1.165) is 25.7 Å². The molecule has 0 saturated carbocycles. The Bertz CT molecular complexity index is 336. The lowest BCUT2D eigenvalue weighted by Gasteiger charge is -2.33. The zero-order valence-electron chi connectivity index (χ0n) is 12.9. The lowest BCUT2D eigenvalue weighted by Crippen LogP contribution is -2.39. The maximum absolute atomic E-state index is 12.1. The summed E-state index contributed by atoms with van der Waals surface area (Å²) in [5.74, 6) is 0.0113. The topological polar surface area (TPSA) is 47.9 Å². The Hall–Kier alpha value is -1.06. The summed E-state index contributed by atoms with van der Waals surface area (Å²) < 4.78 is 11.0. The van der Waals surface area contributed by atoms with E-state index in [1.807, 2.05) is 13.8 Å². The van der Waals surface area contributed by atoms with Crippen LogP contribution in [0.2, 0.25) is 0 Å². The summed E-state index contributed by atoms with van der Waals surface area (Å²) in [7, 11) is 0. The molecule has 0 fully saturated rings. The highest BCUT2D eigenvalue weighted by molar-refractivity contribution is 5.98. The normalized spacial score (nSPS) is 23.2. The van der Waals surface area contributed by atoms with E-state index in [1.165, 1.54) is 0 Å². The van der Waals surface area contributed by atoms with E-state index < -0.39 is 0 Å². The van der Waals surface area contributed by atoms with Crippen LogP contribution in [0.5, 0.6) is 0 Å². The Morgan fingerprint density at radius 1 is 1.53 bits per heavy atom. The van der Waals surface area contributed by atoms with Gasteiger partial charge in [-0.15, -0.1) is 0 Å². The Balaban J connectivity index is 2.89. The lowest BCUT2D eigenvalue weighted by molar-refractivity contribution is -0.146. The molecule has 2 atom stereocenters. The fraction of sp³-hybridized carbons (Fsp3) is 0.867. The van der Waals surface area contributed by atoms with Gasteiger partial charge in [-0.05, 0) is 34.1 Å². The smallest absolute Gasteiger partial charge is 0.318 e. The number of hydrogen-bond acceptors (Lipinski definition) is 4. The molecule has 0 aromatic rings. The predicted molar refractivity (Wildman–Crippen MR) is 76.3 cm³/mol. The number of ether oxygens (including phenoxy) is 2. The maximum Gasteiger partial charge on any atom is 0.318 e.